The van der Waals surface area contributed by atoms with E-state index in [0.29, 0.717) is 12.1 Å². The van der Waals surface area contributed by atoms with Gasteiger partial charge in [-0.05, 0) is 12.8 Å². The standard InChI is InChI=1S/C6H12N2O/c7-5-3-1-2-4(8-3)6(5)9/h3-6,8-9H,1-2,7H2. The van der Waals surface area contributed by atoms with Crippen molar-refractivity contribution in [1.29, 1.82) is 0 Å². The van der Waals surface area contributed by atoms with Crippen molar-refractivity contribution in [2.24, 2.45) is 5.73 Å². The Morgan fingerprint density at radius 3 is 2.33 bits per heavy atom. The van der Waals surface area contributed by atoms with Crippen molar-refractivity contribution in [3.63, 3.8) is 0 Å². The van der Waals surface area contributed by atoms with E-state index in [2.05, 4.69) is 5.32 Å². The number of aliphatic hydroxyl groups excluding tert-OH is 1. The lowest BCUT2D eigenvalue weighted by Gasteiger charge is -2.20. The van der Waals surface area contributed by atoms with E-state index in [1.165, 1.54) is 0 Å². The highest BCUT2D eigenvalue weighted by molar-refractivity contribution is 5.06. The van der Waals surface area contributed by atoms with Crippen LogP contribution in [-0.4, -0.2) is 29.3 Å². The van der Waals surface area contributed by atoms with E-state index in [1.54, 1.807) is 0 Å². The summed E-state index contributed by atoms with van der Waals surface area (Å²) in [5.41, 5.74) is 5.65. The highest BCUT2D eigenvalue weighted by atomic mass is 16.3. The van der Waals surface area contributed by atoms with Gasteiger partial charge in [-0.25, -0.2) is 0 Å². The van der Waals surface area contributed by atoms with Gasteiger partial charge in [-0.15, -0.1) is 0 Å². The van der Waals surface area contributed by atoms with Crippen LogP contribution in [0.4, 0.5) is 0 Å². The van der Waals surface area contributed by atoms with E-state index in [-0.39, 0.29) is 12.1 Å². The van der Waals surface area contributed by atoms with E-state index in [4.69, 9.17) is 5.73 Å². The van der Waals surface area contributed by atoms with Crippen molar-refractivity contribution < 1.29 is 5.11 Å². The predicted octanol–water partition coefficient (Wildman–Crippen LogP) is -1.19. The molecule has 0 aromatic heterocycles. The van der Waals surface area contributed by atoms with Crippen LogP contribution in [-0.2, 0) is 0 Å². The largest absolute Gasteiger partial charge is 0.390 e. The highest BCUT2D eigenvalue weighted by Gasteiger charge is 2.44. The molecule has 2 rings (SSSR count). The highest BCUT2D eigenvalue weighted by Crippen LogP contribution is 2.26. The number of nitrogens with two attached hydrogens (primary N) is 1. The molecule has 2 saturated heterocycles. The van der Waals surface area contributed by atoms with Gasteiger partial charge in [0.2, 0.25) is 0 Å². The molecule has 0 aromatic carbocycles. The molecule has 3 heteroatoms. The van der Waals surface area contributed by atoms with E-state index in [1.807, 2.05) is 0 Å². The van der Waals surface area contributed by atoms with Crippen LogP contribution in [0.25, 0.3) is 0 Å². The van der Waals surface area contributed by atoms with E-state index < -0.39 is 0 Å². The molecular formula is C6H12N2O. The van der Waals surface area contributed by atoms with Crippen LogP contribution >= 0.6 is 0 Å². The number of hydrogen-bond acceptors (Lipinski definition) is 3. The van der Waals surface area contributed by atoms with Crippen LogP contribution < -0.4 is 11.1 Å². The van der Waals surface area contributed by atoms with Crippen LogP contribution in [0.15, 0.2) is 0 Å². The molecule has 2 heterocycles. The van der Waals surface area contributed by atoms with Crippen LogP contribution in [0.3, 0.4) is 0 Å². The van der Waals surface area contributed by atoms with E-state index >= 15 is 0 Å². The molecule has 2 aliphatic heterocycles. The number of fused-ring (bicyclic) bond motifs is 2. The molecule has 4 atom stereocenters. The average Bonchev–Trinajstić information content (AvgIpc) is 2.37. The first-order chi connectivity index (χ1) is 4.29. The van der Waals surface area contributed by atoms with Gasteiger partial charge >= 0.3 is 0 Å². The zero-order valence-electron chi connectivity index (χ0n) is 5.25. The Kier molecular flexibility index (Phi) is 1.06. The summed E-state index contributed by atoms with van der Waals surface area (Å²) in [7, 11) is 0. The monoisotopic (exact) mass is 128 g/mol. The quantitative estimate of drug-likeness (QED) is 0.384. The first kappa shape index (κ1) is 5.65. The predicted molar refractivity (Wildman–Crippen MR) is 33.9 cm³/mol. The third kappa shape index (κ3) is 0.625. The zero-order valence-corrected chi connectivity index (χ0v) is 5.25. The van der Waals surface area contributed by atoms with Crippen molar-refractivity contribution in [1.82, 2.24) is 5.32 Å². The summed E-state index contributed by atoms with van der Waals surface area (Å²) in [4.78, 5) is 0. The maximum absolute atomic E-state index is 9.30. The normalized spacial score (nSPS) is 56.7. The smallest absolute Gasteiger partial charge is 0.0859 e. The fourth-order valence-corrected chi connectivity index (χ4v) is 1.88. The van der Waals surface area contributed by atoms with Gasteiger partial charge in [-0.3, -0.25) is 0 Å². The fraction of sp³-hybridized carbons (Fsp3) is 1.00. The Labute approximate surface area is 54.2 Å². The molecule has 0 spiro atoms. The zero-order chi connectivity index (χ0) is 6.43. The minimum atomic E-state index is -0.288. The second-order valence-corrected chi connectivity index (χ2v) is 3.02. The molecule has 52 valence electrons. The van der Waals surface area contributed by atoms with Gasteiger partial charge in [0.1, 0.15) is 0 Å². The number of aliphatic hydroxyl groups is 1. The Morgan fingerprint density at radius 2 is 2.00 bits per heavy atom. The van der Waals surface area contributed by atoms with Crippen molar-refractivity contribution in [2.75, 3.05) is 0 Å². The van der Waals surface area contributed by atoms with Gasteiger partial charge in [0.25, 0.3) is 0 Å². The first-order valence-electron chi connectivity index (χ1n) is 3.49. The Morgan fingerprint density at radius 1 is 1.33 bits per heavy atom. The number of rotatable bonds is 0. The first-order valence-corrected chi connectivity index (χ1v) is 3.49. The van der Waals surface area contributed by atoms with Crippen molar-refractivity contribution in [3.05, 3.63) is 0 Å². The van der Waals surface area contributed by atoms with E-state index in [9.17, 15) is 5.11 Å². The molecule has 2 aliphatic rings. The van der Waals surface area contributed by atoms with Crippen molar-refractivity contribution in [2.45, 2.75) is 37.1 Å². The van der Waals surface area contributed by atoms with Gasteiger partial charge in [-0.2, -0.15) is 0 Å². The molecule has 0 saturated carbocycles. The second kappa shape index (κ2) is 1.68. The maximum Gasteiger partial charge on any atom is 0.0859 e. The summed E-state index contributed by atoms with van der Waals surface area (Å²) in [5.74, 6) is 0. The molecule has 0 amide bonds. The van der Waals surface area contributed by atoms with Crippen LogP contribution in [0.1, 0.15) is 12.8 Å². The fourth-order valence-electron chi connectivity index (χ4n) is 1.88. The molecule has 3 nitrogen and oxygen atoms in total. The second-order valence-electron chi connectivity index (χ2n) is 3.02. The molecular weight excluding hydrogens is 116 g/mol. The maximum atomic E-state index is 9.30. The lowest BCUT2D eigenvalue weighted by molar-refractivity contribution is 0.127. The Bertz CT molecular complexity index is 110. The molecule has 0 radical (unpaired) electrons. The van der Waals surface area contributed by atoms with Crippen LogP contribution in [0.2, 0.25) is 0 Å². The van der Waals surface area contributed by atoms with Crippen LogP contribution in [0, 0.1) is 0 Å². The van der Waals surface area contributed by atoms with E-state index in [0.717, 1.165) is 12.8 Å². The third-order valence-electron chi connectivity index (χ3n) is 2.49. The lowest BCUT2D eigenvalue weighted by atomic mass is 9.94. The van der Waals surface area contributed by atoms with Crippen LogP contribution in [0.5, 0.6) is 0 Å². The summed E-state index contributed by atoms with van der Waals surface area (Å²) in [6.07, 6.45) is 1.95. The summed E-state index contributed by atoms with van der Waals surface area (Å²) in [6.45, 7) is 0. The summed E-state index contributed by atoms with van der Waals surface area (Å²) >= 11 is 0. The molecule has 0 aliphatic carbocycles. The van der Waals surface area contributed by atoms with Gasteiger partial charge < -0.3 is 16.2 Å². The summed E-state index contributed by atoms with van der Waals surface area (Å²) < 4.78 is 0. The van der Waals surface area contributed by atoms with Gasteiger partial charge in [0, 0.05) is 18.1 Å². The summed E-state index contributed by atoms with van der Waals surface area (Å²) in [5, 5.41) is 12.6. The Balaban J connectivity index is 2.15. The van der Waals surface area contributed by atoms with Gasteiger partial charge in [-0.1, -0.05) is 0 Å². The lowest BCUT2D eigenvalue weighted by Crippen LogP contribution is -2.43. The number of nitrogens with one attached hydrogen (secondary N) is 1. The number of hydrogen-bond donors (Lipinski definition) is 3. The minimum absolute atomic E-state index is 0.0104. The molecule has 4 N–H and O–H groups in total. The van der Waals surface area contributed by atoms with Gasteiger partial charge in [0.15, 0.2) is 0 Å². The van der Waals surface area contributed by atoms with Crippen molar-refractivity contribution >= 4 is 0 Å². The minimum Gasteiger partial charge on any atom is -0.390 e. The molecule has 9 heavy (non-hydrogen) atoms. The van der Waals surface area contributed by atoms with Crippen molar-refractivity contribution in [3.8, 4) is 0 Å². The van der Waals surface area contributed by atoms with Gasteiger partial charge in [0.05, 0.1) is 6.10 Å². The average molecular weight is 128 g/mol. The molecule has 2 bridgehead atoms. The summed E-state index contributed by atoms with van der Waals surface area (Å²) in [6, 6.07) is 0.679. The molecule has 0 aromatic rings. The SMILES string of the molecule is NC1C2CCC(N2)C1O. The molecule has 4 unspecified atom stereocenters. The topological polar surface area (TPSA) is 58.3 Å². The third-order valence-corrected chi connectivity index (χ3v) is 2.49. The molecule has 2 fully saturated rings. The Hall–Kier alpha value is -0.120.